The second kappa shape index (κ2) is 4.09. The first-order chi connectivity index (χ1) is 3.27. The molecule has 0 aliphatic heterocycles. The molecule has 0 aromatic heterocycles. The Morgan fingerprint density at radius 2 is 2.43 bits per heavy atom. The Labute approximate surface area is 46.1 Å². The van der Waals surface area contributed by atoms with Crippen LogP contribution in [0.3, 0.4) is 0 Å². The monoisotopic (exact) mass is 105 g/mol. The van der Waals surface area contributed by atoms with Crippen LogP contribution in [-0.2, 0) is 4.74 Å². The average Bonchev–Trinajstić information content (AvgIpc) is 1.61. The number of hydrogen-bond donors (Lipinski definition) is 1. The summed E-state index contributed by atoms with van der Waals surface area (Å²) in [7, 11) is 1.68. The maximum Gasteiger partial charge on any atom is 0.0476 e. The van der Waals surface area contributed by atoms with Gasteiger partial charge in [0.15, 0.2) is 0 Å². The summed E-state index contributed by atoms with van der Waals surface area (Å²) in [5, 5.41) is 0. The topological polar surface area (TPSA) is 35.2 Å². The second-order valence-corrected chi connectivity index (χ2v) is 1.76. The van der Waals surface area contributed by atoms with Gasteiger partial charge in [-0.2, -0.15) is 0 Å². The standard InChI is InChI=1S/C5H13NO.H2/c1-5(6)3-4-7-2;/h5H,3-4,6H2,1-2H3;1H. The summed E-state index contributed by atoms with van der Waals surface area (Å²) in [5.41, 5.74) is 5.40. The largest absolute Gasteiger partial charge is 0.385 e. The maximum absolute atomic E-state index is 5.40. The molecule has 0 saturated carbocycles. The lowest BCUT2D eigenvalue weighted by atomic mass is 10.3. The van der Waals surface area contributed by atoms with E-state index in [-0.39, 0.29) is 7.47 Å². The van der Waals surface area contributed by atoms with E-state index in [0.29, 0.717) is 0 Å². The van der Waals surface area contributed by atoms with Gasteiger partial charge in [0, 0.05) is 21.2 Å². The molecule has 0 amide bonds. The molecule has 0 spiro atoms. The molecule has 0 aliphatic carbocycles. The molecule has 0 heterocycles. The molecule has 2 N–H and O–H groups in total. The first-order valence-electron chi connectivity index (χ1n) is 2.52. The summed E-state index contributed by atoms with van der Waals surface area (Å²) in [6.45, 7) is 2.75. The van der Waals surface area contributed by atoms with Gasteiger partial charge in [0.2, 0.25) is 0 Å². The van der Waals surface area contributed by atoms with Crippen LogP contribution in [-0.4, -0.2) is 19.8 Å². The molecule has 1 unspecified atom stereocenters. The number of nitrogens with two attached hydrogens (primary N) is 1. The fourth-order valence-corrected chi connectivity index (χ4v) is 0.304. The summed E-state index contributed by atoms with van der Waals surface area (Å²) in [5.74, 6) is 0. The number of rotatable bonds is 3. The fraction of sp³-hybridized carbons (Fsp3) is 1.00. The van der Waals surface area contributed by atoms with Crippen LogP contribution in [0.1, 0.15) is 14.8 Å². The summed E-state index contributed by atoms with van der Waals surface area (Å²) < 4.78 is 4.77. The van der Waals surface area contributed by atoms with Crippen molar-refractivity contribution in [1.82, 2.24) is 0 Å². The third kappa shape index (κ3) is 5.92. The third-order valence-corrected chi connectivity index (χ3v) is 0.777. The van der Waals surface area contributed by atoms with Crippen molar-refractivity contribution < 1.29 is 6.16 Å². The average molecular weight is 105 g/mol. The number of methoxy groups -OCH3 is 1. The summed E-state index contributed by atoms with van der Waals surface area (Å²) in [4.78, 5) is 0. The molecule has 0 rings (SSSR count). The lowest BCUT2D eigenvalue weighted by Gasteiger charge is -2.00. The van der Waals surface area contributed by atoms with Gasteiger partial charge in [0.1, 0.15) is 0 Å². The zero-order chi connectivity index (χ0) is 5.70. The van der Waals surface area contributed by atoms with E-state index in [1.807, 2.05) is 6.92 Å². The molecule has 46 valence electrons. The summed E-state index contributed by atoms with van der Waals surface area (Å²) >= 11 is 0. The lowest BCUT2D eigenvalue weighted by Crippen LogP contribution is -2.16. The van der Waals surface area contributed by atoms with Gasteiger partial charge < -0.3 is 10.5 Å². The van der Waals surface area contributed by atoms with E-state index in [2.05, 4.69) is 0 Å². The Hall–Kier alpha value is -0.0800. The van der Waals surface area contributed by atoms with Crippen LogP contribution in [0.5, 0.6) is 0 Å². The van der Waals surface area contributed by atoms with Crippen molar-refractivity contribution in [2.45, 2.75) is 19.4 Å². The Morgan fingerprint density at radius 1 is 1.86 bits per heavy atom. The van der Waals surface area contributed by atoms with Crippen molar-refractivity contribution in [3.8, 4) is 0 Å². The van der Waals surface area contributed by atoms with Crippen LogP contribution < -0.4 is 5.73 Å². The zero-order valence-corrected chi connectivity index (χ0v) is 4.98. The highest BCUT2D eigenvalue weighted by molar-refractivity contribution is 4.49. The minimum atomic E-state index is 0. The minimum Gasteiger partial charge on any atom is -0.385 e. The van der Waals surface area contributed by atoms with E-state index >= 15 is 0 Å². The lowest BCUT2D eigenvalue weighted by molar-refractivity contribution is 0.189. The third-order valence-electron chi connectivity index (χ3n) is 0.777. The Bertz CT molecular complexity index is 41.4. The van der Waals surface area contributed by atoms with Gasteiger partial charge in [-0.25, -0.2) is 0 Å². The van der Waals surface area contributed by atoms with Crippen LogP contribution >= 0.6 is 0 Å². The molecular formula is C5H15NO. The molecule has 7 heavy (non-hydrogen) atoms. The van der Waals surface area contributed by atoms with E-state index in [1.165, 1.54) is 0 Å². The van der Waals surface area contributed by atoms with Crippen molar-refractivity contribution in [1.29, 1.82) is 0 Å². The van der Waals surface area contributed by atoms with Gasteiger partial charge >= 0.3 is 0 Å². The van der Waals surface area contributed by atoms with Crippen LogP contribution in [0.4, 0.5) is 0 Å². The molecule has 0 fully saturated rings. The predicted molar refractivity (Wildman–Crippen MR) is 32.3 cm³/mol. The van der Waals surface area contributed by atoms with Gasteiger partial charge in [-0.15, -0.1) is 0 Å². The normalized spacial score (nSPS) is 14.1. The molecular weight excluding hydrogens is 90.1 g/mol. The highest BCUT2D eigenvalue weighted by atomic mass is 16.5. The van der Waals surface area contributed by atoms with E-state index in [9.17, 15) is 0 Å². The zero-order valence-electron chi connectivity index (χ0n) is 4.98. The Kier molecular flexibility index (Phi) is 4.04. The summed E-state index contributed by atoms with van der Waals surface area (Å²) in [6.07, 6.45) is 0.955. The molecule has 0 aromatic carbocycles. The number of hydrogen-bond acceptors (Lipinski definition) is 2. The van der Waals surface area contributed by atoms with E-state index < -0.39 is 0 Å². The molecule has 0 radical (unpaired) electrons. The highest BCUT2D eigenvalue weighted by Crippen LogP contribution is 1.83. The molecule has 2 nitrogen and oxygen atoms in total. The molecule has 1 atom stereocenters. The van der Waals surface area contributed by atoms with Gasteiger partial charge in [-0.3, -0.25) is 0 Å². The highest BCUT2D eigenvalue weighted by Gasteiger charge is 1.89. The fourth-order valence-electron chi connectivity index (χ4n) is 0.304. The van der Waals surface area contributed by atoms with Gasteiger partial charge in [-0.1, -0.05) is 0 Å². The maximum atomic E-state index is 5.40. The van der Waals surface area contributed by atoms with Crippen molar-refractivity contribution in [2.24, 2.45) is 5.73 Å². The van der Waals surface area contributed by atoms with E-state index in [4.69, 9.17) is 10.5 Å². The van der Waals surface area contributed by atoms with Crippen LogP contribution in [0, 0.1) is 0 Å². The van der Waals surface area contributed by atoms with Gasteiger partial charge in [0.05, 0.1) is 0 Å². The van der Waals surface area contributed by atoms with Gasteiger partial charge in [0.25, 0.3) is 0 Å². The molecule has 0 saturated heterocycles. The van der Waals surface area contributed by atoms with Crippen LogP contribution in [0.15, 0.2) is 0 Å². The molecule has 0 aliphatic rings. The smallest absolute Gasteiger partial charge is 0.0476 e. The first kappa shape index (κ1) is 6.92. The van der Waals surface area contributed by atoms with Crippen molar-refractivity contribution in [3.63, 3.8) is 0 Å². The molecule has 2 heteroatoms. The van der Waals surface area contributed by atoms with Crippen molar-refractivity contribution >= 4 is 0 Å². The SMILES string of the molecule is COCCC(C)N.[HH]. The predicted octanol–water partition coefficient (Wildman–Crippen LogP) is 0.616. The Balaban J connectivity index is 0. The number of ether oxygens (including phenoxy) is 1. The quantitative estimate of drug-likeness (QED) is 0.571. The van der Waals surface area contributed by atoms with Crippen molar-refractivity contribution in [2.75, 3.05) is 13.7 Å². The van der Waals surface area contributed by atoms with Crippen LogP contribution in [0.25, 0.3) is 0 Å². The molecule has 0 bridgehead atoms. The van der Waals surface area contributed by atoms with E-state index in [0.717, 1.165) is 13.0 Å². The summed E-state index contributed by atoms with van der Waals surface area (Å²) in [6, 6.07) is 0.278. The second-order valence-electron chi connectivity index (χ2n) is 1.76. The minimum absolute atomic E-state index is 0. The van der Waals surface area contributed by atoms with Crippen molar-refractivity contribution in [3.05, 3.63) is 0 Å². The van der Waals surface area contributed by atoms with Gasteiger partial charge in [-0.05, 0) is 13.3 Å². The van der Waals surface area contributed by atoms with E-state index in [1.54, 1.807) is 7.11 Å². The Morgan fingerprint density at radius 3 is 2.57 bits per heavy atom. The molecule has 0 aromatic rings. The van der Waals surface area contributed by atoms with Crippen LogP contribution in [0.2, 0.25) is 0 Å². The first-order valence-corrected chi connectivity index (χ1v) is 2.52.